The van der Waals surface area contributed by atoms with Crippen molar-refractivity contribution in [1.82, 2.24) is 4.72 Å². The Kier molecular flexibility index (Phi) is 6.21. The average molecular weight is 375 g/mol. The summed E-state index contributed by atoms with van der Waals surface area (Å²) in [5, 5.41) is 2.84. The summed E-state index contributed by atoms with van der Waals surface area (Å²) < 4.78 is 27.4. The third-order valence-corrected chi connectivity index (χ3v) is 5.79. The number of benzene rings is 2. The molecule has 0 aromatic heterocycles. The Morgan fingerprint density at radius 1 is 1.04 bits per heavy atom. The van der Waals surface area contributed by atoms with Gasteiger partial charge >= 0.3 is 0 Å². The first-order valence-electron chi connectivity index (χ1n) is 8.58. The fraction of sp³-hybridized carbons (Fsp3) is 0.350. The zero-order valence-electron chi connectivity index (χ0n) is 15.9. The smallest absolute Gasteiger partial charge is 0.241 e. The number of rotatable bonds is 6. The quantitative estimate of drug-likeness (QED) is 0.810. The van der Waals surface area contributed by atoms with Gasteiger partial charge in [-0.25, -0.2) is 13.1 Å². The molecule has 1 amide bonds. The lowest BCUT2D eigenvalue weighted by atomic mass is 9.98. The van der Waals surface area contributed by atoms with Crippen molar-refractivity contribution >= 4 is 21.6 Å². The molecule has 0 atom stereocenters. The zero-order valence-corrected chi connectivity index (χ0v) is 16.7. The number of carbonyl (C=O) groups excluding carboxylic acids is 1. The van der Waals surface area contributed by atoms with Gasteiger partial charge in [-0.1, -0.05) is 44.2 Å². The molecule has 0 fully saturated rings. The van der Waals surface area contributed by atoms with Gasteiger partial charge < -0.3 is 5.32 Å². The van der Waals surface area contributed by atoms with Crippen molar-refractivity contribution < 1.29 is 13.2 Å². The monoisotopic (exact) mass is 374 g/mol. The lowest BCUT2D eigenvalue weighted by molar-refractivity contribution is -0.115. The van der Waals surface area contributed by atoms with Crippen molar-refractivity contribution in [2.24, 2.45) is 0 Å². The highest BCUT2D eigenvalue weighted by atomic mass is 32.2. The molecule has 5 nitrogen and oxygen atoms in total. The highest BCUT2D eigenvalue weighted by Crippen LogP contribution is 2.27. The van der Waals surface area contributed by atoms with E-state index in [4.69, 9.17) is 0 Å². The predicted octanol–water partition coefficient (Wildman–Crippen LogP) is 3.65. The second-order valence-corrected chi connectivity index (χ2v) is 8.57. The maximum Gasteiger partial charge on any atom is 0.241 e. The summed E-state index contributed by atoms with van der Waals surface area (Å²) in [5.74, 6) is -0.146. The van der Waals surface area contributed by atoms with Crippen LogP contribution in [0.4, 0.5) is 5.69 Å². The Bertz CT molecular complexity index is 919. The average Bonchev–Trinajstić information content (AvgIpc) is 2.57. The van der Waals surface area contributed by atoms with Crippen LogP contribution in [-0.4, -0.2) is 20.9 Å². The van der Waals surface area contributed by atoms with Gasteiger partial charge in [-0.05, 0) is 55.0 Å². The van der Waals surface area contributed by atoms with Crippen LogP contribution >= 0.6 is 0 Å². The molecule has 0 spiro atoms. The third kappa shape index (κ3) is 4.71. The number of sulfonamides is 1. The highest BCUT2D eigenvalue weighted by Gasteiger charge is 2.19. The Labute approximate surface area is 155 Å². The molecule has 2 N–H and O–H groups in total. The van der Waals surface area contributed by atoms with Crippen molar-refractivity contribution in [3.63, 3.8) is 0 Å². The lowest BCUT2D eigenvalue weighted by Crippen LogP contribution is -2.33. The normalized spacial score (nSPS) is 11.6. The van der Waals surface area contributed by atoms with Gasteiger partial charge in [-0.15, -0.1) is 0 Å². The van der Waals surface area contributed by atoms with Crippen LogP contribution in [0.25, 0.3) is 0 Å². The van der Waals surface area contributed by atoms with Gasteiger partial charge in [0.05, 0.1) is 11.4 Å². The number of anilines is 1. The molecule has 0 unspecified atom stereocenters. The molecular formula is C20H26N2O3S. The minimum Gasteiger partial charge on any atom is -0.324 e. The number of amides is 1. The molecule has 0 saturated heterocycles. The molecule has 2 rings (SSSR count). The van der Waals surface area contributed by atoms with Gasteiger partial charge in [0.25, 0.3) is 0 Å². The molecule has 26 heavy (non-hydrogen) atoms. The van der Waals surface area contributed by atoms with E-state index in [1.807, 2.05) is 52.0 Å². The van der Waals surface area contributed by atoms with Crippen molar-refractivity contribution in [2.75, 3.05) is 11.9 Å². The van der Waals surface area contributed by atoms with Gasteiger partial charge in [0.15, 0.2) is 0 Å². The van der Waals surface area contributed by atoms with E-state index in [0.717, 1.165) is 22.4 Å². The summed E-state index contributed by atoms with van der Waals surface area (Å²) in [7, 11) is -3.75. The maximum atomic E-state index is 12.5. The molecule has 0 saturated carbocycles. The van der Waals surface area contributed by atoms with Crippen LogP contribution in [-0.2, 0) is 14.8 Å². The van der Waals surface area contributed by atoms with E-state index in [0.29, 0.717) is 5.56 Å². The molecule has 0 aliphatic heterocycles. The Morgan fingerprint density at radius 2 is 1.73 bits per heavy atom. The predicted molar refractivity (Wildman–Crippen MR) is 105 cm³/mol. The van der Waals surface area contributed by atoms with E-state index < -0.39 is 15.9 Å². The van der Waals surface area contributed by atoms with Crippen LogP contribution in [0, 0.1) is 20.8 Å². The van der Waals surface area contributed by atoms with Crippen LogP contribution in [0.5, 0.6) is 0 Å². The molecule has 0 radical (unpaired) electrons. The Balaban J connectivity index is 2.14. The van der Waals surface area contributed by atoms with E-state index in [1.165, 1.54) is 0 Å². The molecule has 0 aliphatic carbocycles. The summed E-state index contributed by atoms with van der Waals surface area (Å²) in [4.78, 5) is 12.5. The van der Waals surface area contributed by atoms with Gasteiger partial charge in [0.2, 0.25) is 15.9 Å². The van der Waals surface area contributed by atoms with E-state index in [1.54, 1.807) is 19.1 Å². The maximum absolute atomic E-state index is 12.5. The molecule has 0 heterocycles. The number of nitrogens with one attached hydrogen (secondary N) is 2. The first kappa shape index (κ1) is 20.1. The minimum absolute atomic E-state index is 0.198. The van der Waals surface area contributed by atoms with Crippen LogP contribution in [0.3, 0.4) is 0 Å². The van der Waals surface area contributed by atoms with Gasteiger partial charge in [0.1, 0.15) is 0 Å². The number of carbonyl (C=O) groups is 1. The first-order chi connectivity index (χ1) is 12.1. The molecule has 6 heteroatoms. The third-order valence-electron chi connectivity index (χ3n) is 4.25. The van der Waals surface area contributed by atoms with E-state index in [2.05, 4.69) is 10.0 Å². The number of hydrogen-bond donors (Lipinski definition) is 2. The van der Waals surface area contributed by atoms with Gasteiger partial charge in [-0.3, -0.25) is 4.79 Å². The summed E-state index contributed by atoms with van der Waals surface area (Å²) >= 11 is 0. The molecule has 2 aromatic rings. The fourth-order valence-corrected chi connectivity index (χ4v) is 4.07. The molecule has 0 bridgehead atoms. The molecule has 2 aromatic carbocycles. The highest BCUT2D eigenvalue weighted by molar-refractivity contribution is 7.89. The van der Waals surface area contributed by atoms with Gasteiger partial charge in [0, 0.05) is 5.69 Å². The number of para-hydroxylation sites is 1. The minimum atomic E-state index is -3.75. The van der Waals surface area contributed by atoms with Crippen molar-refractivity contribution in [1.29, 1.82) is 0 Å². The van der Waals surface area contributed by atoms with Crippen LogP contribution in [0.2, 0.25) is 0 Å². The Morgan fingerprint density at radius 3 is 2.38 bits per heavy atom. The fourth-order valence-electron chi connectivity index (χ4n) is 2.76. The summed E-state index contributed by atoms with van der Waals surface area (Å²) in [5.41, 5.74) is 4.21. The zero-order chi connectivity index (χ0) is 19.5. The standard InChI is InChI=1S/C20H26N2O3S/c1-13(2)17-8-6-7-16(5)20(17)22-19(23)12-21-26(24,25)18-11-14(3)9-10-15(18)4/h6-11,13,21H,12H2,1-5H3,(H,22,23). The topological polar surface area (TPSA) is 75.3 Å². The SMILES string of the molecule is Cc1ccc(C)c(S(=O)(=O)NCC(=O)Nc2c(C)cccc2C(C)C)c1. The van der Waals surface area contributed by atoms with Crippen LogP contribution in [0.1, 0.15) is 42.0 Å². The summed E-state index contributed by atoms with van der Waals surface area (Å²) in [6.45, 7) is 9.26. The van der Waals surface area contributed by atoms with Crippen LogP contribution < -0.4 is 10.0 Å². The summed E-state index contributed by atoms with van der Waals surface area (Å²) in [6.07, 6.45) is 0. The van der Waals surface area contributed by atoms with Crippen molar-refractivity contribution in [2.45, 2.75) is 45.4 Å². The second-order valence-electron chi connectivity index (χ2n) is 6.84. The Hall–Kier alpha value is -2.18. The largest absolute Gasteiger partial charge is 0.324 e. The second kappa shape index (κ2) is 8.01. The number of aryl methyl sites for hydroxylation is 3. The van der Waals surface area contributed by atoms with E-state index >= 15 is 0 Å². The van der Waals surface area contributed by atoms with Gasteiger partial charge in [-0.2, -0.15) is 0 Å². The number of hydrogen-bond acceptors (Lipinski definition) is 3. The molecule has 140 valence electrons. The van der Waals surface area contributed by atoms with Crippen molar-refractivity contribution in [3.8, 4) is 0 Å². The molecule has 0 aliphatic rings. The summed E-state index contributed by atoms with van der Waals surface area (Å²) in [6, 6.07) is 11.0. The van der Waals surface area contributed by atoms with E-state index in [9.17, 15) is 13.2 Å². The van der Waals surface area contributed by atoms with Crippen molar-refractivity contribution in [3.05, 3.63) is 58.7 Å². The first-order valence-corrected chi connectivity index (χ1v) is 10.1. The molecular weight excluding hydrogens is 348 g/mol. The lowest BCUT2D eigenvalue weighted by Gasteiger charge is -2.17. The van der Waals surface area contributed by atoms with E-state index in [-0.39, 0.29) is 17.4 Å². The van der Waals surface area contributed by atoms with Crippen LogP contribution in [0.15, 0.2) is 41.3 Å².